The minimum Gasteiger partial charge on any atom is -0.349 e. The van der Waals surface area contributed by atoms with Crippen LogP contribution in [0, 0.1) is 6.92 Å². The van der Waals surface area contributed by atoms with Gasteiger partial charge in [0, 0.05) is 15.9 Å². The molecule has 7 heteroatoms. The van der Waals surface area contributed by atoms with E-state index in [1.165, 1.54) is 12.5 Å². The third-order valence-corrected chi connectivity index (χ3v) is 5.85. The van der Waals surface area contributed by atoms with Crippen molar-refractivity contribution in [2.75, 3.05) is 0 Å². The van der Waals surface area contributed by atoms with Crippen LogP contribution in [-0.4, -0.2) is 24.1 Å². The molecule has 27 heavy (non-hydrogen) atoms. The lowest BCUT2D eigenvalue weighted by atomic mass is 9.95. The van der Waals surface area contributed by atoms with Gasteiger partial charge >= 0.3 is 0 Å². The van der Waals surface area contributed by atoms with E-state index in [1.807, 2.05) is 18.4 Å². The molecule has 3 rings (SSSR count). The summed E-state index contributed by atoms with van der Waals surface area (Å²) in [7, 11) is 0. The summed E-state index contributed by atoms with van der Waals surface area (Å²) in [5, 5.41) is 9.40. The van der Waals surface area contributed by atoms with Crippen LogP contribution in [0.5, 0.6) is 0 Å². The monoisotopic (exact) mass is 403 g/mol. The van der Waals surface area contributed by atoms with Crippen LogP contribution in [-0.2, 0) is 0 Å². The first-order chi connectivity index (χ1) is 13.0. The summed E-state index contributed by atoms with van der Waals surface area (Å²) in [6, 6.07) is 6.85. The number of hydrogen-bond donors (Lipinski definition) is 2. The molecule has 1 aromatic carbocycles. The van der Waals surface area contributed by atoms with E-state index in [0.29, 0.717) is 10.6 Å². The average Bonchev–Trinajstić information content (AvgIpc) is 3.07. The predicted octanol–water partition coefficient (Wildman–Crippen LogP) is 4.54. The first-order valence-corrected chi connectivity index (χ1v) is 10.3. The summed E-state index contributed by atoms with van der Waals surface area (Å²) in [6.45, 7) is 1.98. The molecule has 2 aromatic rings. The summed E-state index contributed by atoms with van der Waals surface area (Å²) < 4.78 is 0. The summed E-state index contributed by atoms with van der Waals surface area (Å²) in [5.74, 6) is -0.710. The van der Waals surface area contributed by atoms with E-state index < -0.39 is 5.91 Å². The number of carbonyl (C=O) groups excluding carboxylic acids is 2. The molecule has 0 radical (unpaired) electrons. The fraction of sp³-hybridized carbons (Fsp3) is 0.350. The topological polar surface area (TPSA) is 70.6 Å². The molecule has 1 aromatic heterocycles. The van der Waals surface area contributed by atoms with Crippen LogP contribution in [0.25, 0.3) is 0 Å². The Morgan fingerprint density at radius 1 is 1.15 bits per heavy atom. The fourth-order valence-corrected chi connectivity index (χ4v) is 4.10. The SMILES string of the molecule is Cc1ccsc1/C=N/NC(=O)c1cc(Cl)ccc1C(=O)NC1CCCCC1. The maximum absolute atomic E-state index is 12.7. The number of benzene rings is 1. The minimum absolute atomic E-state index is 0.165. The number of aryl methyl sites for hydroxylation is 1. The first-order valence-electron chi connectivity index (χ1n) is 9.02. The molecule has 1 saturated carbocycles. The zero-order valence-corrected chi connectivity index (χ0v) is 16.7. The standard InChI is InChI=1S/C20H22ClN3O2S/c1-13-9-10-27-18(13)12-22-24-20(26)17-11-14(21)7-8-16(17)19(25)23-15-5-3-2-4-6-15/h7-12,15H,2-6H2,1H3,(H,23,25)(H,24,26)/b22-12+. The summed E-state index contributed by atoms with van der Waals surface area (Å²) in [5.41, 5.74) is 4.11. The largest absolute Gasteiger partial charge is 0.349 e. The number of nitrogens with one attached hydrogen (secondary N) is 2. The van der Waals surface area contributed by atoms with Crippen LogP contribution < -0.4 is 10.7 Å². The van der Waals surface area contributed by atoms with Crippen molar-refractivity contribution < 1.29 is 9.59 Å². The highest BCUT2D eigenvalue weighted by Gasteiger charge is 2.21. The first kappa shape index (κ1) is 19.6. The Morgan fingerprint density at radius 3 is 2.63 bits per heavy atom. The lowest BCUT2D eigenvalue weighted by Gasteiger charge is -2.23. The molecule has 0 saturated heterocycles. The Hall–Kier alpha value is -2.18. The van der Waals surface area contributed by atoms with Crippen molar-refractivity contribution in [1.29, 1.82) is 0 Å². The van der Waals surface area contributed by atoms with Gasteiger partial charge in [-0.2, -0.15) is 5.10 Å². The normalized spacial score (nSPS) is 15.0. The molecule has 2 N–H and O–H groups in total. The molecular formula is C20H22ClN3O2S. The maximum atomic E-state index is 12.7. The molecule has 5 nitrogen and oxygen atoms in total. The van der Waals surface area contributed by atoms with Crippen LogP contribution in [0.3, 0.4) is 0 Å². The van der Waals surface area contributed by atoms with Gasteiger partial charge in [-0.05, 0) is 55.0 Å². The molecule has 0 bridgehead atoms. The quantitative estimate of drug-likeness (QED) is 0.568. The van der Waals surface area contributed by atoms with Crippen LogP contribution in [0.4, 0.5) is 0 Å². The fourth-order valence-electron chi connectivity index (χ4n) is 3.14. The lowest BCUT2D eigenvalue weighted by molar-refractivity contribution is 0.0904. The second-order valence-corrected chi connectivity index (χ2v) is 8.05. The predicted molar refractivity (Wildman–Crippen MR) is 110 cm³/mol. The van der Waals surface area contributed by atoms with E-state index in [0.717, 1.165) is 36.1 Å². The van der Waals surface area contributed by atoms with Gasteiger partial charge in [-0.3, -0.25) is 9.59 Å². The lowest BCUT2D eigenvalue weighted by Crippen LogP contribution is -2.37. The molecule has 1 heterocycles. The van der Waals surface area contributed by atoms with E-state index in [1.54, 1.807) is 29.7 Å². The number of halogens is 1. The Kier molecular flexibility index (Phi) is 6.63. The Labute approximate surface area is 167 Å². The van der Waals surface area contributed by atoms with Crippen LogP contribution in [0.2, 0.25) is 5.02 Å². The van der Waals surface area contributed by atoms with Crippen LogP contribution in [0.15, 0.2) is 34.7 Å². The van der Waals surface area contributed by atoms with Gasteiger partial charge in [-0.15, -0.1) is 11.3 Å². The van der Waals surface area contributed by atoms with E-state index >= 15 is 0 Å². The zero-order valence-electron chi connectivity index (χ0n) is 15.1. The number of amides is 2. The smallest absolute Gasteiger partial charge is 0.272 e. The van der Waals surface area contributed by atoms with Crippen molar-refractivity contribution in [3.63, 3.8) is 0 Å². The third kappa shape index (κ3) is 5.17. The Bertz CT molecular complexity index is 857. The number of hydrazone groups is 1. The molecule has 1 aliphatic carbocycles. The minimum atomic E-state index is -0.461. The van der Waals surface area contributed by atoms with E-state index in [9.17, 15) is 9.59 Å². The second-order valence-electron chi connectivity index (χ2n) is 6.67. The summed E-state index contributed by atoms with van der Waals surface area (Å²) in [6.07, 6.45) is 7.01. The van der Waals surface area contributed by atoms with Crippen molar-refractivity contribution in [3.8, 4) is 0 Å². The van der Waals surface area contributed by atoms with E-state index in [-0.39, 0.29) is 17.5 Å². The highest BCUT2D eigenvalue weighted by atomic mass is 35.5. The van der Waals surface area contributed by atoms with Crippen LogP contribution >= 0.6 is 22.9 Å². The number of rotatable bonds is 5. The van der Waals surface area contributed by atoms with Gasteiger partial charge in [0.2, 0.25) is 0 Å². The molecule has 0 aliphatic heterocycles. The van der Waals surface area contributed by atoms with Gasteiger partial charge in [-0.25, -0.2) is 5.43 Å². The number of carbonyl (C=O) groups is 2. The number of hydrogen-bond acceptors (Lipinski definition) is 4. The maximum Gasteiger partial charge on any atom is 0.272 e. The van der Waals surface area contributed by atoms with E-state index in [2.05, 4.69) is 15.8 Å². The molecule has 1 fully saturated rings. The third-order valence-electron chi connectivity index (χ3n) is 4.66. The summed E-state index contributed by atoms with van der Waals surface area (Å²) in [4.78, 5) is 26.2. The van der Waals surface area contributed by atoms with Gasteiger partial charge in [0.05, 0.1) is 17.3 Å². The zero-order chi connectivity index (χ0) is 19.2. The Morgan fingerprint density at radius 2 is 1.93 bits per heavy atom. The van der Waals surface area contributed by atoms with Gasteiger partial charge in [0.25, 0.3) is 11.8 Å². The van der Waals surface area contributed by atoms with Gasteiger partial charge in [0.15, 0.2) is 0 Å². The highest BCUT2D eigenvalue weighted by molar-refractivity contribution is 7.11. The molecular weight excluding hydrogens is 382 g/mol. The van der Waals surface area contributed by atoms with Crippen molar-refractivity contribution in [1.82, 2.24) is 10.7 Å². The van der Waals surface area contributed by atoms with Crippen molar-refractivity contribution >= 4 is 41.0 Å². The van der Waals surface area contributed by atoms with Crippen molar-refractivity contribution in [3.05, 3.63) is 56.2 Å². The number of nitrogens with zero attached hydrogens (tertiary/aromatic N) is 1. The molecule has 142 valence electrons. The average molecular weight is 404 g/mol. The van der Waals surface area contributed by atoms with E-state index in [4.69, 9.17) is 11.6 Å². The van der Waals surface area contributed by atoms with Gasteiger partial charge in [-0.1, -0.05) is 30.9 Å². The Balaban J connectivity index is 1.72. The molecule has 1 aliphatic rings. The molecule has 2 amide bonds. The van der Waals surface area contributed by atoms with Crippen molar-refractivity contribution in [2.45, 2.75) is 45.1 Å². The molecule has 0 atom stereocenters. The number of thiophene rings is 1. The van der Waals surface area contributed by atoms with Gasteiger partial charge < -0.3 is 5.32 Å². The summed E-state index contributed by atoms with van der Waals surface area (Å²) >= 11 is 7.59. The van der Waals surface area contributed by atoms with Crippen LogP contribution in [0.1, 0.15) is 63.3 Å². The van der Waals surface area contributed by atoms with Crippen molar-refractivity contribution in [2.24, 2.45) is 5.10 Å². The molecule has 0 spiro atoms. The highest BCUT2D eigenvalue weighted by Crippen LogP contribution is 2.20. The van der Waals surface area contributed by atoms with Gasteiger partial charge in [0.1, 0.15) is 0 Å². The second kappa shape index (κ2) is 9.15. The molecule has 0 unspecified atom stereocenters.